The molecule has 0 bridgehead atoms. The molecule has 1 aromatic carbocycles. The molecule has 28 heavy (non-hydrogen) atoms. The van der Waals surface area contributed by atoms with Gasteiger partial charge in [-0.1, -0.05) is 5.21 Å². The van der Waals surface area contributed by atoms with Gasteiger partial charge in [-0.15, -0.1) is 5.10 Å². The van der Waals surface area contributed by atoms with E-state index in [1.165, 1.54) is 6.92 Å². The smallest absolute Gasteiger partial charge is 0.361 e. The summed E-state index contributed by atoms with van der Waals surface area (Å²) in [6.45, 7) is 4.43. The standard InChI is InChI=1S/C18H20N4O6/c1-4-27-17(25)15-16(18(26)28-5-2)22(21-20-15)10-14(24)19-13-8-6-12(7-9-13)11(3)23/h6-9H,4-5,10H2,1-3H3,(H,19,24). The van der Waals surface area contributed by atoms with Crippen LogP contribution in [0, 0.1) is 0 Å². The molecule has 0 atom stereocenters. The van der Waals surface area contributed by atoms with Gasteiger partial charge in [-0.2, -0.15) is 0 Å². The second-order valence-corrected chi connectivity index (χ2v) is 5.57. The third-order valence-corrected chi connectivity index (χ3v) is 3.54. The van der Waals surface area contributed by atoms with Gasteiger partial charge in [0.15, 0.2) is 11.5 Å². The molecule has 0 radical (unpaired) electrons. The van der Waals surface area contributed by atoms with Gasteiger partial charge in [-0.3, -0.25) is 9.59 Å². The Morgan fingerprint density at radius 2 is 1.61 bits per heavy atom. The van der Waals surface area contributed by atoms with Crippen molar-refractivity contribution in [3.05, 3.63) is 41.2 Å². The van der Waals surface area contributed by atoms with Crippen LogP contribution in [0.15, 0.2) is 24.3 Å². The summed E-state index contributed by atoms with van der Waals surface area (Å²) in [5.74, 6) is -2.28. The number of ketones is 1. The van der Waals surface area contributed by atoms with E-state index in [1.54, 1.807) is 38.1 Å². The lowest BCUT2D eigenvalue weighted by molar-refractivity contribution is -0.117. The number of esters is 2. The predicted molar refractivity (Wildman–Crippen MR) is 97.0 cm³/mol. The SMILES string of the molecule is CCOC(=O)c1nnn(CC(=O)Nc2ccc(C(C)=O)cc2)c1C(=O)OCC. The monoisotopic (exact) mass is 388 g/mol. The molecule has 148 valence electrons. The van der Waals surface area contributed by atoms with Crippen molar-refractivity contribution in [3.8, 4) is 0 Å². The minimum Gasteiger partial charge on any atom is -0.461 e. The van der Waals surface area contributed by atoms with Crippen molar-refractivity contribution in [3.63, 3.8) is 0 Å². The van der Waals surface area contributed by atoms with Crippen LogP contribution in [0.5, 0.6) is 0 Å². The number of rotatable bonds is 8. The fourth-order valence-electron chi connectivity index (χ4n) is 2.29. The predicted octanol–water partition coefficient (Wildman–Crippen LogP) is 1.47. The van der Waals surface area contributed by atoms with Gasteiger partial charge in [0.2, 0.25) is 11.6 Å². The highest BCUT2D eigenvalue weighted by molar-refractivity contribution is 6.01. The van der Waals surface area contributed by atoms with E-state index in [2.05, 4.69) is 15.6 Å². The van der Waals surface area contributed by atoms with Crippen LogP contribution < -0.4 is 5.32 Å². The van der Waals surface area contributed by atoms with E-state index in [0.29, 0.717) is 11.3 Å². The number of amides is 1. The second-order valence-electron chi connectivity index (χ2n) is 5.57. The minimum absolute atomic E-state index is 0.0704. The number of Topliss-reactive ketones (excluding diaryl/α,β-unsaturated/α-hetero) is 1. The zero-order valence-electron chi connectivity index (χ0n) is 15.7. The summed E-state index contributed by atoms with van der Waals surface area (Å²) in [7, 11) is 0. The van der Waals surface area contributed by atoms with E-state index in [1.807, 2.05) is 0 Å². The maximum absolute atomic E-state index is 12.3. The van der Waals surface area contributed by atoms with Crippen LogP contribution in [-0.2, 0) is 20.8 Å². The van der Waals surface area contributed by atoms with Crippen LogP contribution in [0.25, 0.3) is 0 Å². The summed E-state index contributed by atoms with van der Waals surface area (Å²) < 4.78 is 10.7. The Morgan fingerprint density at radius 1 is 1.00 bits per heavy atom. The molecule has 1 heterocycles. The van der Waals surface area contributed by atoms with Gasteiger partial charge in [0.05, 0.1) is 13.2 Å². The fourth-order valence-corrected chi connectivity index (χ4v) is 2.29. The first-order valence-electron chi connectivity index (χ1n) is 8.55. The summed E-state index contributed by atoms with van der Waals surface area (Å²) in [6.07, 6.45) is 0. The molecule has 0 unspecified atom stereocenters. The number of anilines is 1. The molecule has 2 rings (SSSR count). The van der Waals surface area contributed by atoms with Crippen molar-refractivity contribution in [1.29, 1.82) is 0 Å². The Morgan fingerprint density at radius 3 is 2.18 bits per heavy atom. The molecule has 1 aromatic heterocycles. The first kappa shape index (κ1) is 20.7. The summed E-state index contributed by atoms with van der Waals surface area (Å²) >= 11 is 0. The quantitative estimate of drug-likeness (QED) is 0.532. The second kappa shape index (κ2) is 9.40. The average molecular weight is 388 g/mol. The van der Waals surface area contributed by atoms with E-state index < -0.39 is 17.8 Å². The largest absolute Gasteiger partial charge is 0.461 e. The molecule has 0 saturated heterocycles. The molecule has 0 spiro atoms. The highest BCUT2D eigenvalue weighted by atomic mass is 16.5. The van der Waals surface area contributed by atoms with Crippen molar-refractivity contribution < 1.29 is 28.7 Å². The van der Waals surface area contributed by atoms with Gasteiger partial charge >= 0.3 is 11.9 Å². The van der Waals surface area contributed by atoms with Crippen LogP contribution in [-0.4, -0.2) is 51.8 Å². The van der Waals surface area contributed by atoms with Gasteiger partial charge in [-0.05, 0) is 45.0 Å². The van der Waals surface area contributed by atoms with Crippen molar-refractivity contribution in [2.45, 2.75) is 27.3 Å². The minimum atomic E-state index is -0.839. The number of nitrogens with zero attached hydrogens (tertiary/aromatic N) is 3. The normalized spacial score (nSPS) is 10.2. The molecule has 0 saturated carbocycles. The number of carbonyl (C=O) groups excluding carboxylic acids is 4. The molecular weight excluding hydrogens is 368 g/mol. The topological polar surface area (TPSA) is 129 Å². The van der Waals surface area contributed by atoms with E-state index in [9.17, 15) is 19.2 Å². The van der Waals surface area contributed by atoms with Crippen molar-refractivity contribution in [1.82, 2.24) is 15.0 Å². The van der Waals surface area contributed by atoms with E-state index >= 15 is 0 Å². The Labute approximate surface area is 160 Å². The van der Waals surface area contributed by atoms with Crippen molar-refractivity contribution >= 4 is 29.3 Å². The molecule has 1 amide bonds. The van der Waals surface area contributed by atoms with Gasteiger partial charge in [0.1, 0.15) is 6.54 Å². The van der Waals surface area contributed by atoms with Crippen LogP contribution in [0.3, 0.4) is 0 Å². The zero-order valence-corrected chi connectivity index (χ0v) is 15.7. The molecule has 2 aromatic rings. The van der Waals surface area contributed by atoms with Gasteiger partial charge < -0.3 is 14.8 Å². The number of aromatic nitrogens is 3. The van der Waals surface area contributed by atoms with Gasteiger partial charge in [0, 0.05) is 11.3 Å². The van der Waals surface area contributed by atoms with Crippen molar-refractivity contribution in [2.75, 3.05) is 18.5 Å². The molecule has 10 nitrogen and oxygen atoms in total. The Balaban J connectivity index is 2.19. The number of carbonyl (C=O) groups is 4. The maximum Gasteiger partial charge on any atom is 0.361 e. The molecule has 0 aliphatic carbocycles. The summed E-state index contributed by atoms with van der Waals surface area (Å²) in [6, 6.07) is 6.31. The number of hydrogen-bond acceptors (Lipinski definition) is 8. The highest BCUT2D eigenvalue weighted by Crippen LogP contribution is 2.12. The van der Waals surface area contributed by atoms with Gasteiger partial charge in [0.25, 0.3) is 0 Å². The van der Waals surface area contributed by atoms with E-state index in [-0.39, 0.29) is 36.9 Å². The van der Waals surface area contributed by atoms with Gasteiger partial charge in [-0.25, -0.2) is 14.3 Å². The Bertz CT molecular complexity index is 888. The molecule has 10 heteroatoms. The third kappa shape index (κ3) is 5.00. The molecule has 0 aliphatic heterocycles. The maximum atomic E-state index is 12.3. The number of nitrogens with one attached hydrogen (secondary N) is 1. The first-order valence-corrected chi connectivity index (χ1v) is 8.55. The van der Waals surface area contributed by atoms with Crippen LogP contribution in [0.4, 0.5) is 5.69 Å². The number of ether oxygens (including phenoxy) is 2. The fraction of sp³-hybridized carbons (Fsp3) is 0.333. The lowest BCUT2D eigenvalue weighted by atomic mass is 10.1. The lowest BCUT2D eigenvalue weighted by Crippen LogP contribution is -2.24. The number of hydrogen-bond donors (Lipinski definition) is 1. The lowest BCUT2D eigenvalue weighted by Gasteiger charge is -2.08. The summed E-state index contributed by atoms with van der Waals surface area (Å²) in [5.41, 5.74) is 0.387. The summed E-state index contributed by atoms with van der Waals surface area (Å²) in [4.78, 5) is 47.8. The van der Waals surface area contributed by atoms with E-state index in [0.717, 1.165) is 4.68 Å². The first-order chi connectivity index (χ1) is 13.4. The molecule has 0 aliphatic rings. The molecule has 1 N–H and O–H groups in total. The van der Waals surface area contributed by atoms with Crippen molar-refractivity contribution in [2.24, 2.45) is 0 Å². The van der Waals surface area contributed by atoms with Crippen LogP contribution in [0.1, 0.15) is 52.1 Å². The van der Waals surface area contributed by atoms with E-state index in [4.69, 9.17) is 9.47 Å². The average Bonchev–Trinajstić information content (AvgIpc) is 3.06. The highest BCUT2D eigenvalue weighted by Gasteiger charge is 2.28. The summed E-state index contributed by atoms with van der Waals surface area (Å²) in [5, 5.41) is 9.96. The Kier molecular flexibility index (Phi) is 6.96. The Hall–Kier alpha value is -3.56. The molecule has 0 fully saturated rings. The third-order valence-electron chi connectivity index (χ3n) is 3.54. The zero-order chi connectivity index (χ0) is 20.7. The van der Waals surface area contributed by atoms with Crippen LogP contribution >= 0.6 is 0 Å². The molecular formula is C18H20N4O6. The van der Waals surface area contributed by atoms with Crippen LogP contribution in [0.2, 0.25) is 0 Å². The number of benzene rings is 1.